The van der Waals surface area contributed by atoms with Crippen LogP contribution in [-0.2, 0) is 0 Å². The lowest BCUT2D eigenvalue weighted by Gasteiger charge is -2.01. The monoisotopic (exact) mass is 316 g/mol. The van der Waals surface area contributed by atoms with Gasteiger partial charge < -0.3 is 5.11 Å². The van der Waals surface area contributed by atoms with Gasteiger partial charge in [-0.3, -0.25) is 0 Å². The molecule has 0 saturated heterocycles. The van der Waals surface area contributed by atoms with Crippen LogP contribution in [0, 0.1) is 0 Å². The predicted molar refractivity (Wildman–Crippen MR) is 69.4 cm³/mol. The lowest BCUT2D eigenvalue weighted by Crippen LogP contribution is -1.89. The van der Waals surface area contributed by atoms with E-state index in [0.29, 0.717) is 9.90 Å². The van der Waals surface area contributed by atoms with Crippen LogP contribution in [0.5, 0.6) is 0 Å². The number of hydrogen-bond donors (Lipinski definition) is 1. The number of carboxylic acid groups (broad SMARTS) is 1. The van der Waals surface area contributed by atoms with E-state index < -0.39 is 5.97 Å². The summed E-state index contributed by atoms with van der Waals surface area (Å²) in [5.74, 6) is -0.914. The number of halogens is 2. The van der Waals surface area contributed by atoms with Gasteiger partial charge in [0, 0.05) is 19.9 Å². The van der Waals surface area contributed by atoms with Crippen LogP contribution in [0.2, 0.25) is 5.02 Å². The average molecular weight is 318 g/mol. The number of carboxylic acids is 1. The van der Waals surface area contributed by atoms with Gasteiger partial charge in [0.05, 0.1) is 0 Å². The number of aromatic carboxylic acids is 1. The average Bonchev–Trinajstić information content (AvgIpc) is 2.70. The second-order valence-electron chi connectivity index (χ2n) is 3.09. The maximum atomic E-state index is 10.8. The number of carbonyl (C=O) groups is 1. The zero-order valence-corrected chi connectivity index (χ0v) is 11.1. The van der Waals surface area contributed by atoms with Crippen molar-refractivity contribution < 1.29 is 9.90 Å². The van der Waals surface area contributed by atoms with Crippen molar-refractivity contribution in [1.82, 2.24) is 0 Å². The zero-order chi connectivity index (χ0) is 11.7. The molecular weight excluding hydrogens is 312 g/mol. The van der Waals surface area contributed by atoms with Gasteiger partial charge in [-0.15, -0.1) is 11.3 Å². The first-order valence-electron chi connectivity index (χ1n) is 4.36. The minimum atomic E-state index is -0.914. The standard InChI is InChI=1S/C11H6BrClO2S/c12-6-1-2-8(13)7(5-6)9-3-4-10(16-9)11(14)15/h1-5H,(H,14,15). The minimum Gasteiger partial charge on any atom is -0.477 e. The summed E-state index contributed by atoms with van der Waals surface area (Å²) in [7, 11) is 0. The molecule has 0 spiro atoms. The van der Waals surface area contributed by atoms with Crippen molar-refractivity contribution in [1.29, 1.82) is 0 Å². The third kappa shape index (κ3) is 2.29. The SMILES string of the molecule is O=C(O)c1ccc(-c2cc(Br)ccc2Cl)s1. The van der Waals surface area contributed by atoms with Crippen molar-refractivity contribution in [2.45, 2.75) is 0 Å². The van der Waals surface area contributed by atoms with Gasteiger partial charge >= 0.3 is 5.97 Å². The molecule has 16 heavy (non-hydrogen) atoms. The molecule has 1 N–H and O–H groups in total. The van der Waals surface area contributed by atoms with Crippen LogP contribution in [-0.4, -0.2) is 11.1 Å². The first kappa shape index (κ1) is 11.6. The van der Waals surface area contributed by atoms with Gasteiger partial charge in [0.15, 0.2) is 0 Å². The van der Waals surface area contributed by atoms with E-state index in [0.717, 1.165) is 14.9 Å². The fourth-order valence-corrected chi connectivity index (χ4v) is 2.80. The summed E-state index contributed by atoms with van der Waals surface area (Å²) in [6.45, 7) is 0. The van der Waals surface area contributed by atoms with Gasteiger partial charge in [0.1, 0.15) is 4.88 Å². The molecule has 0 radical (unpaired) electrons. The molecule has 0 fully saturated rings. The van der Waals surface area contributed by atoms with Gasteiger partial charge in [-0.2, -0.15) is 0 Å². The van der Waals surface area contributed by atoms with Crippen LogP contribution >= 0.6 is 38.9 Å². The third-order valence-corrected chi connectivity index (χ3v) is 3.94. The van der Waals surface area contributed by atoms with Crippen molar-refractivity contribution in [3.63, 3.8) is 0 Å². The molecule has 1 aromatic carbocycles. The minimum absolute atomic E-state index is 0.311. The number of thiophene rings is 1. The Morgan fingerprint density at radius 3 is 2.69 bits per heavy atom. The number of hydrogen-bond acceptors (Lipinski definition) is 2. The molecule has 0 amide bonds. The van der Waals surface area contributed by atoms with E-state index in [9.17, 15) is 4.79 Å². The smallest absolute Gasteiger partial charge is 0.345 e. The summed E-state index contributed by atoms with van der Waals surface area (Å²) in [4.78, 5) is 11.9. The Morgan fingerprint density at radius 1 is 1.31 bits per heavy atom. The maximum absolute atomic E-state index is 10.8. The Kier molecular flexibility index (Phi) is 3.33. The van der Waals surface area contributed by atoms with Crippen molar-refractivity contribution >= 4 is 44.8 Å². The van der Waals surface area contributed by atoms with Crippen molar-refractivity contribution in [3.8, 4) is 10.4 Å². The number of benzene rings is 1. The molecular formula is C11H6BrClO2S. The maximum Gasteiger partial charge on any atom is 0.345 e. The van der Waals surface area contributed by atoms with Crippen LogP contribution < -0.4 is 0 Å². The van der Waals surface area contributed by atoms with E-state index in [1.165, 1.54) is 11.3 Å². The van der Waals surface area contributed by atoms with E-state index in [1.54, 1.807) is 18.2 Å². The Bertz CT molecular complexity index is 551. The topological polar surface area (TPSA) is 37.3 Å². The van der Waals surface area contributed by atoms with E-state index in [2.05, 4.69) is 15.9 Å². The lowest BCUT2D eigenvalue weighted by atomic mass is 10.2. The van der Waals surface area contributed by atoms with Crippen LogP contribution in [0.4, 0.5) is 0 Å². The fourth-order valence-electron chi connectivity index (χ4n) is 1.28. The highest BCUT2D eigenvalue weighted by Crippen LogP contribution is 2.35. The van der Waals surface area contributed by atoms with Crippen LogP contribution in [0.25, 0.3) is 10.4 Å². The summed E-state index contributed by atoms with van der Waals surface area (Å²) < 4.78 is 0.914. The molecule has 1 heterocycles. The van der Waals surface area contributed by atoms with E-state index in [1.807, 2.05) is 12.1 Å². The Hall–Kier alpha value is -0.840. The third-order valence-electron chi connectivity index (χ3n) is 2.01. The Balaban J connectivity index is 2.50. The van der Waals surface area contributed by atoms with Crippen LogP contribution in [0.15, 0.2) is 34.8 Å². The van der Waals surface area contributed by atoms with E-state index in [4.69, 9.17) is 16.7 Å². The normalized spacial score (nSPS) is 10.4. The number of rotatable bonds is 2. The van der Waals surface area contributed by atoms with E-state index >= 15 is 0 Å². The molecule has 0 bridgehead atoms. The molecule has 1 aromatic heterocycles. The van der Waals surface area contributed by atoms with Crippen LogP contribution in [0.1, 0.15) is 9.67 Å². The summed E-state index contributed by atoms with van der Waals surface area (Å²) in [5.41, 5.74) is 0.841. The first-order valence-corrected chi connectivity index (χ1v) is 6.35. The first-order chi connectivity index (χ1) is 7.58. The Morgan fingerprint density at radius 2 is 2.06 bits per heavy atom. The summed E-state index contributed by atoms with van der Waals surface area (Å²) in [6, 6.07) is 8.85. The Labute approximate surface area is 110 Å². The van der Waals surface area contributed by atoms with Gasteiger partial charge in [-0.05, 0) is 30.3 Å². The summed E-state index contributed by atoms with van der Waals surface area (Å²) in [5, 5.41) is 9.45. The molecule has 0 aliphatic heterocycles. The molecule has 0 aliphatic carbocycles. The highest BCUT2D eigenvalue weighted by atomic mass is 79.9. The molecule has 2 aromatic rings. The van der Waals surface area contributed by atoms with Crippen molar-refractivity contribution in [3.05, 3.63) is 44.7 Å². The van der Waals surface area contributed by atoms with Gasteiger partial charge in [-0.1, -0.05) is 27.5 Å². The molecule has 0 atom stereocenters. The quantitative estimate of drug-likeness (QED) is 0.883. The summed E-state index contributed by atoms with van der Waals surface area (Å²) in [6.07, 6.45) is 0. The second-order valence-corrected chi connectivity index (χ2v) is 5.50. The summed E-state index contributed by atoms with van der Waals surface area (Å²) >= 11 is 10.6. The van der Waals surface area contributed by atoms with Crippen molar-refractivity contribution in [2.24, 2.45) is 0 Å². The molecule has 0 unspecified atom stereocenters. The van der Waals surface area contributed by atoms with E-state index in [-0.39, 0.29) is 0 Å². The molecule has 2 nitrogen and oxygen atoms in total. The highest BCUT2D eigenvalue weighted by Gasteiger charge is 2.10. The van der Waals surface area contributed by atoms with Gasteiger partial charge in [0.2, 0.25) is 0 Å². The largest absolute Gasteiger partial charge is 0.477 e. The molecule has 2 rings (SSSR count). The van der Waals surface area contributed by atoms with Crippen LogP contribution in [0.3, 0.4) is 0 Å². The predicted octanol–water partition coefficient (Wildman–Crippen LogP) is 4.53. The second kappa shape index (κ2) is 4.57. The van der Waals surface area contributed by atoms with Gasteiger partial charge in [-0.25, -0.2) is 4.79 Å². The molecule has 5 heteroatoms. The lowest BCUT2D eigenvalue weighted by molar-refractivity contribution is 0.0702. The molecule has 82 valence electrons. The highest BCUT2D eigenvalue weighted by molar-refractivity contribution is 9.10. The molecule has 0 aliphatic rings. The van der Waals surface area contributed by atoms with Crippen molar-refractivity contribution in [2.75, 3.05) is 0 Å². The fraction of sp³-hybridized carbons (Fsp3) is 0. The molecule has 0 saturated carbocycles. The zero-order valence-electron chi connectivity index (χ0n) is 7.91. The van der Waals surface area contributed by atoms with Gasteiger partial charge in [0.25, 0.3) is 0 Å².